The Balaban J connectivity index is 1.71. The van der Waals surface area contributed by atoms with E-state index in [1.807, 2.05) is 0 Å². The molecule has 2 aliphatic heterocycles. The van der Waals surface area contributed by atoms with Gasteiger partial charge >= 0.3 is 12.1 Å². The number of nitrogens with one attached hydrogen (secondary N) is 1. The van der Waals surface area contributed by atoms with Crippen LogP contribution in [0.25, 0.3) is 5.57 Å². The van der Waals surface area contributed by atoms with E-state index in [1.54, 1.807) is 18.3 Å². The minimum Gasteiger partial charge on any atom is -0.456 e. The number of allylic oxidation sites excluding steroid dienone is 1. The maximum Gasteiger partial charge on any atom is 0.414 e. The van der Waals surface area contributed by atoms with Crippen molar-refractivity contribution in [3.05, 3.63) is 35.8 Å². The molecule has 1 saturated heterocycles. The lowest BCUT2D eigenvalue weighted by atomic mass is 9.98. The first-order chi connectivity index (χ1) is 14.7. The number of rotatable bonds is 6. The molecule has 0 aromatic heterocycles. The molecule has 1 N–H and O–H groups in total. The van der Waals surface area contributed by atoms with Crippen molar-refractivity contribution in [3.63, 3.8) is 0 Å². The highest BCUT2D eigenvalue weighted by molar-refractivity contribution is 5.90. The molecule has 1 aromatic carbocycles. The number of esters is 1. The summed E-state index contributed by atoms with van der Waals surface area (Å²) in [6.07, 6.45) is 1.67. The van der Waals surface area contributed by atoms with Crippen molar-refractivity contribution in [1.29, 1.82) is 0 Å². The van der Waals surface area contributed by atoms with Crippen molar-refractivity contribution in [2.45, 2.75) is 32.8 Å². The standard InChI is InChI=1S/C21H24FN3O6/c1-13(26)23-9-17-11-25(21(29)31-17)16-5-6-18(19(22)8-16)15-4-3-7-24(10-15)20(28)12-30-14(2)27/h5-6,8,10,17H,3-4,7,9,11-12H2,1-2H3,(H,23,26)/t17-/m0/s1. The fourth-order valence-electron chi connectivity index (χ4n) is 3.43. The van der Waals surface area contributed by atoms with E-state index in [1.165, 1.54) is 29.7 Å². The van der Waals surface area contributed by atoms with Gasteiger partial charge in [0.25, 0.3) is 5.91 Å². The number of anilines is 1. The Bertz CT molecular complexity index is 932. The predicted molar refractivity (Wildman–Crippen MR) is 108 cm³/mol. The molecule has 0 unspecified atom stereocenters. The minimum atomic E-state index is -0.610. The Morgan fingerprint density at radius 2 is 2.06 bits per heavy atom. The van der Waals surface area contributed by atoms with Crippen LogP contribution >= 0.6 is 0 Å². The van der Waals surface area contributed by atoms with Gasteiger partial charge in [-0.25, -0.2) is 9.18 Å². The summed E-state index contributed by atoms with van der Waals surface area (Å²) in [5.74, 6) is -1.69. The third kappa shape index (κ3) is 5.59. The highest BCUT2D eigenvalue weighted by atomic mass is 19.1. The van der Waals surface area contributed by atoms with Crippen LogP contribution < -0.4 is 10.2 Å². The molecule has 2 aliphatic rings. The average molecular weight is 433 g/mol. The monoisotopic (exact) mass is 433 g/mol. The van der Waals surface area contributed by atoms with Gasteiger partial charge < -0.3 is 19.7 Å². The van der Waals surface area contributed by atoms with E-state index in [2.05, 4.69) is 5.32 Å². The zero-order valence-electron chi connectivity index (χ0n) is 17.4. The van der Waals surface area contributed by atoms with Crippen LogP contribution in [0.15, 0.2) is 24.4 Å². The number of hydrogen-bond donors (Lipinski definition) is 1. The van der Waals surface area contributed by atoms with Crippen molar-refractivity contribution < 1.29 is 33.0 Å². The van der Waals surface area contributed by atoms with Gasteiger partial charge in [0.2, 0.25) is 5.91 Å². The molecule has 3 amide bonds. The van der Waals surface area contributed by atoms with Gasteiger partial charge in [-0.2, -0.15) is 0 Å². The number of carbonyl (C=O) groups excluding carboxylic acids is 4. The number of cyclic esters (lactones) is 1. The first-order valence-corrected chi connectivity index (χ1v) is 9.90. The Morgan fingerprint density at radius 1 is 1.29 bits per heavy atom. The van der Waals surface area contributed by atoms with E-state index in [0.717, 1.165) is 0 Å². The Hall–Kier alpha value is -3.43. The van der Waals surface area contributed by atoms with Crippen molar-refractivity contribution in [1.82, 2.24) is 10.2 Å². The largest absolute Gasteiger partial charge is 0.456 e. The lowest BCUT2D eigenvalue weighted by molar-refractivity contribution is -0.149. The minimum absolute atomic E-state index is 0.183. The molecule has 0 radical (unpaired) electrons. The number of carbonyl (C=O) groups is 4. The van der Waals surface area contributed by atoms with Crippen molar-refractivity contribution >= 4 is 35.1 Å². The van der Waals surface area contributed by atoms with Gasteiger partial charge in [0, 0.05) is 32.2 Å². The summed E-state index contributed by atoms with van der Waals surface area (Å²) in [5.41, 5.74) is 1.31. The van der Waals surface area contributed by atoms with Crippen LogP contribution in [0.4, 0.5) is 14.9 Å². The maximum atomic E-state index is 14.9. The number of amides is 3. The summed E-state index contributed by atoms with van der Waals surface area (Å²) in [6, 6.07) is 4.42. The molecule has 1 atom stereocenters. The summed E-state index contributed by atoms with van der Waals surface area (Å²) in [5, 5.41) is 2.59. The summed E-state index contributed by atoms with van der Waals surface area (Å²) in [6.45, 7) is 3.06. The van der Waals surface area contributed by atoms with Crippen LogP contribution in [0, 0.1) is 5.82 Å². The summed E-state index contributed by atoms with van der Waals surface area (Å²) in [4.78, 5) is 49.0. The number of ether oxygens (including phenoxy) is 2. The third-order valence-electron chi connectivity index (χ3n) is 4.94. The molecule has 2 heterocycles. The van der Waals surface area contributed by atoms with Gasteiger partial charge in [-0.15, -0.1) is 0 Å². The fraction of sp³-hybridized carbons (Fsp3) is 0.429. The second-order valence-corrected chi connectivity index (χ2v) is 7.34. The molecule has 166 valence electrons. The van der Waals surface area contributed by atoms with Gasteiger partial charge in [0.1, 0.15) is 11.9 Å². The highest BCUT2D eigenvalue weighted by Crippen LogP contribution is 2.31. The second kappa shape index (κ2) is 9.59. The zero-order valence-corrected chi connectivity index (χ0v) is 17.4. The van der Waals surface area contributed by atoms with E-state index in [0.29, 0.717) is 36.2 Å². The summed E-state index contributed by atoms with van der Waals surface area (Å²) in [7, 11) is 0. The number of nitrogens with zero attached hydrogens (tertiary/aromatic N) is 2. The Morgan fingerprint density at radius 3 is 2.74 bits per heavy atom. The van der Waals surface area contributed by atoms with Crippen LogP contribution in [-0.4, -0.2) is 61.1 Å². The van der Waals surface area contributed by atoms with E-state index < -0.39 is 24.0 Å². The molecule has 0 bridgehead atoms. The summed E-state index contributed by atoms with van der Waals surface area (Å²) >= 11 is 0. The van der Waals surface area contributed by atoms with Crippen molar-refractivity contribution in [3.8, 4) is 0 Å². The molecule has 0 spiro atoms. The first-order valence-electron chi connectivity index (χ1n) is 9.90. The smallest absolute Gasteiger partial charge is 0.414 e. The average Bonchev–Trinajstić information content (AvgIpc) is 3.11. The van der Waals surface area contributed by atoms with Gasteiger partial charge in [0.15, 0.2) is 6.61 Å². The molecule has 31 heavy (non-hydrogen) atoms. The van der Waals surface area contributed by atoms with Gasteiger partial charge in [-0.05, 0) is 36.6 Å². The molecule has 0 saturated carbocycles. The van der Waals surface area contributed by atoms with E-state index >= 15 is 0 Å². The van der Waals surface area contributed by atoms with Crippen molar-refractivity contribution in [2.75, 3.05) is 31.1 Å². The summed E-state index contributed by atoms with van der Waals surface area (Å²) < 4.78 is 24.8. The number of halogens is 1. The van der Waals surface area contributed by atoms with Gasteiger partial charge in [0.05, 0.1) is 18.8 Å². The lowest BCUT2D eigenvalue weighted by Crippen LogP contribution is -2.33. The molecule has 10 heteroatoms. The van der Waals surface area contributed by atoms with Crippen LogP contribution in [0.1, 0.15) is 32.3 Å². The van der Waals surface area contributed by atoms with Crippen LogP contribution in [-0.2, 0) is 23.9 Å². The topological polar surface area (TPSA) is 105 Å². The van der Waals surface area contributed by atoms with E-state index in [9.17, 15) is 23.6 Å². The van der Waals surface area contributed by atoms with Crippen LogP contribution in [0.5, 0.6) is 0 Å². The quantitative estimate of drug-likeness (QED) is 0.686. The van der Waals surface area contributed by atoms with Gasteiger partial charge in [-0.1, -0.05) is 0 Å². The molecule has 0 aliphatic carbocycles. The zero-order chi connectivity index (χ0) is 22.5. The van der Waals surface area contributed by atoms with Crippen molar-refractivity contribution in [2.24, 2.45) is 0 Å². The molecule has 1 fully saturated rings. The Labute approximate surface area is 178 Å². The first kappa shape index (κ1) is 22.3. The number of hydrogen-bond acceptors (Lipinski definition) is 6. The van der Waals surface area contributed by atoms with Crippen LogP contribution in [0.3, 0.4) is 0 Å². The van der Waals surface area contributed by atoms with Crippen LogP contribution in [0.2, 0.25) is 0 Å². The molecular weight excluding hydrogens is 409 g/mol. The highest BCUT2D eigenvalue weighted by Gasteiger charge is 2.33. The van der Waals surface area contributed by atoms with E-state index in [-0.39, 0.29) is 31.5 Å². The Kier molecular flexibility index (Phi) is 6.88. The molecule has 9 nitrogen and oxygen atoms in total. The van der Waals surface area contributed by atoms with Gasteiger partial charge in [-0.3, -0.25) is 19.3 Å². The molecule has 1 aromatic rings. The molecular formula is C21H24FN3O6. The number of benzene rings is 1. The SMILES string of the molecule is CC(=O)NC[C@H]1CN(c2ccc(C3=CN(C(=O)COC(C)=O)CCC3)c(F)c2)C(=O)O1. The second-order valence-electron chi connectivity index (χ2n) is 7.34. The predicted octanol–water partition coefficient (Wildman–Crippen LogP) is 1.81. The van der Waals surface area contributed by atoms with E-state index in [4.69, 9.17) is 9.47 Å². The molecule has 3 rings (SSSR count). The fourth-order valence-corrected chi connectivity index (χ4v) is 3.43. The third-order valence-corrected chi connectivity index (χ3v) is 4.94. The maximum absolute atomic E-state index is 14.9. The normalized spacial score (nSPS) is 18.4. The lowest BCUT2D eigenvalue weighted by Gasteiger charge is -2.25.